The number of thioether (sulfide) groups is 2. The van der Waals surface area contributed by atoms with Gasteiger partial charge in [-0.3, -0.25) is 0 Å². The predicted molar refractivity (Wildman–Crippen MR) is 74.5 cm³/mol. The normalized spacial score (nSPS) is 22.3. The predicted octanol–water partition coefficient (Wildman–Crippen LogP) is -1.81. The monoisotopic (exact) mass is 301 g/mol. The highest BCUT2D eigenvalue weighted by Gasteiger charge is 2.37. The summed E-state index contributed by atoms with van der Waals surface area (Å²) in [7, 11) is 0. The minimum absolute atomic E-state index is 0.329. The van der Waals surface area contributed by atoms with E-state index in [4.69, 9.17) is 5.73 Å². The molecule has 0 aromatic rings. The van der Waals surface area contributed by atoms with E-state index in [1.54, 1.807) is 12.5 Å². The Morgan fingerprint density at radius 3 is 1.50 bits per heavy atom. The molecule has 0 rings (SSSR count). The summed E-state index contributed by atoms with van der Waals surface area (Å²) in [5.74, 6) is 0. The molecule has 0 bridgehead atoms. The molecule has 6 nitrogen and oxygen atoms in total. The maximum atomic E-state index is 9.85. The molecule has 0 aliphatic rings. The van der Waals surface area contributed by atoms with Gasteiger partial charge in [0.1, 0.15) is 24.4 Å². The van der Waals surface area contributed by atoms with Crippen LogP contribution in [0.1, 0.15) is 6.92 Å². The number of nitrogens with two attached hydrogens (primary N) is 1. The fourth-order valence-corrected chi connectivity index (χ4v) is 3.10. The van der Waals surface area contributed by atoms with Crippen molar-refractivity contribution in [3.63, 3.8) is 0 Å². The van der Waals surface area contributed by atoms with Crippen LogP contribution in [0.25, 0.3) is 0 Å². The van der Waals surface area contributed by atoms with Crippen molar-refractivity contribution in [2.24, 2.45) is 5.73 Å². The molecule has 0 spiro atoms. The summed E-state index contributed by atoms with van der Waals surface area (Å²) < 4.78 is -0.329. The molecule has 0 radical (unpaired) electrons. The molecule has 0 fully saturated rings. The molecule has 8 heteroatoms. The van der Waals surface area contributed by atoms with Crippen molar-refractivity contribution in [3.8, 4) is 0 Å². The second-order valence-electron chi connectivity index (χ2n) is 4.12. The number of hydrogen-bond donors (Lipinski definition) is 6. The molecule has 0 amide bonds. The lowest BCUT2D eigenvalue weighted by Gasteiger charge is -2.32. The van der Waals surface area contributed by atoms with Crippen LogP contribution in [-0.4, -0.2) is 79.2 Å². The van der Waals surface area contributed by atoms with Gasteiger partial charge in [-0.15, -0.1) is 23.5 Å². The lowest BCUT2D eigenvalue weighted by Crippen LogP contribution is -2.56. The summed E-state index contributed by atoms with van der Waals surface area (Å²) in [5.41, 5.74) is 5.48. The van der Waals surface area contributed by atoms with Crippen LogP contribution >= 0.6 is 23.5 Å². The van der Waals surface area contributed by atoms with E-state index in [-0.39, 0.29) is 4.58 Å². The van der Waals surface area contributed by atoms with Crippen molar-refractivity contribution in [3.05, 3.63) is 0 Å². The van der Waals surface area contributed by atoms with Crippen molar-refractivity contribution in [2.45, 2.75) is 48.1 Å². The maximum Gasteiger partial charge on any atom is 0.110 e. The van der Waals surface area contributed by atoms with E-state index in [2.05, 4.69) is 0 Å². The minimum atomic E-state index is -1.62. The van der Waals surface area contributed by atoms with E-state index in [0.717, 1.165) is 0 Å². The fraction of sp³-hybridized carbons (Fsp3) is 1.00. The zero-order valence-corrected chi connectivity index (χ0v) is 12.3. The molecule has 6 atom stereocenters. The van der Waals surface area contributed by atoms with Crippen LogP contribution in [0, 0.1) is 0 Å². The molecule has 0 aromatic heterocycles. The van der Waals surface area contributed by atoms with E-state index in [1.807, 2.05) is 0 Å². The number of aliphatic hydroxyl groups is 5. The first-order valence-electron chi connectivity index (χ1n) is 5.49. The van der Waals surface area contributed by atoms with Gasteiger partial charge in [0.2, 0.25) is 0 Å². The Morgan fingerprint density at radius 1 is 0.778 bits per heavy atom. The summed E-state index contributed by atoms with van der Waals surface area (Å²) in [6.45, 7) is 1.37. The van der Waals surface area contributed by atoms with E-state index < -0.39 is 36.6 Å². The van der Waals surface area contributed by atoms with Crippen LogP contribution in [0.3, 0.4) is 0 Å². The molecular formula is C10H23NO5S2. The third-order valence-corrected chi connectivity index (χ3v) is 5.39. The Morgan fingerprint density at radius 2 is 1.17 bits per heavy atom. The van der Waals surface area contributed by atoms with Gasteiger partial charge in [0.05, 0.1) is 16.7 Å². The Kier molecular flexibility index (Phi) is 8.81. The Balaban J connectivity index is 4.62. The summed E-state index contributed by atoms with van der Waals surface area (Å²) in [4.78, 5) is 0. The molecule has 0 unspecified atom stereocenters. The Hall–Kier alpha value is 0.460. The average molecular weight is 301 g/mol. The quantitative estimate of drug-likeness (QED) is 0.290. The summed E-state index contributed by atoms with van der Waals surface area (Å²) in [5, 5.41) is 48.3. The zero-order valence-electron chi connectivity index (χ0n) is 10.7. The second-order valence-corrected chi connectivity index (χ2v) is 6.38. The van der Waals surface area contributed by atoms with Crippen molar-refractivity contribution < 1.29 is 25.5 Å². The van der Waals surface area contributed by atoms with Crippen LogP contribution in [0.15, 0.2) is 0 Å². The Labute approximate surface area is 116 Å². The van der Waals surface area contributed by atoms with E-state index in [9.17, 15) is 25.5 Å². The zero-order chi connectivity index (χ0) is 14.5. The van der Waals surface area contributed by atoms with Crippen LogP contribution in [0.5, 0.6) is 0 Å². The van der Waals surface area contributed by atoms with Gasteiger partial charge in [-0.1, -0.05) is 0 Å². The first-order chi connectivity index (χ1) is 8.27. The third kappa shape index (κ3) is 4.86. The topological polar surface area (TPSA) is 127 Å². The van der Waals surface area contributed by atoms with Crippen molar-refractivity contribution in [1.29, 1.82) is 0 Å². The van der Waals surface area contributed by atoms with Gasteiger partial charge in [0.15, 0.2) is 0 Å². The highest BCUT2D eigenvalue weighted by molar-refractivity contribution is 8.16. The Bertz CT molecular complexity index is 218. The molecule has 0 heterocycles. The lowest BCUT2D eigenvalue weighted by atomic mass is 9.96. The second kappa shape index (κ2) is 8.60. The molecule has 0 aliphatic heterocycles. The van der Waals surface area contributed by atoms with Crippen LogP contribution in [-0.2, 0) is 0 Å². The van der Waals surface area contributed by atoms with Crippen LogP contribution in [0.4, 0.5) is 0 Å². The van der Waals surface area contributed by atoms with E-state index in [1.165, 1.54) is 30.4 Å². The van der Waals surface area contributed by atoms with Gasteiger partial charge >= 0.3 is 0 Å². The molecular weight excluding hydrogens is 278 g/mol. The molecule has 7 N–H and O–H groups in total. The molecule has 110 valence electrons. The van der Waals surface area contributed by atoms with Gasteiger partial charge < -0.3 is 31.3 Å². The molecule has 0 saturated carbocycles. The maximum absolute atomic E-state index is 9.85. The van der Waals surface area contributed by atoms with Gasteiger partial charge in [0, 0.05) is 0 Å². The summed E-state index contributed by atoms with van der Waals surface area (Å²) in [6, 6.07) is -1.09. The first-order valence-corrected chi connectivity index (χ1v) is 8.07. The largest absolute Gasteiger partial charge is 0.392 e. The van der Waals surface area contributed by atoms with Gasteiger partial charge in [-0.05, 0) is 19.4 Å². The number of hydrogen-bond acceptors (Lipinski definition) is 8. The van der Waals surface area contributed by atoms with Crippen LogP contribution < -0.4 is 5.73 Å². The van der Waals surface area contributed by atoms with Crippen molar-refractivity contribution >= 4 is 23.5 Å². The fourth-order valence-electron chi connectivity index (χ4n) is 1.45. The van der Waals surface area contributed by atoms with E-state index in [0.29, 0.717) is 0 Å². The molecule has 0 saturated heterocycles. The minimum Gasteiger partial charge on any atom is -0.392 e. The molecule has 0 aliphatic carbocycles. The number of aliphatic hydroxyl groups excluding tert-OH is 5. The highest BCUT2D eigenvalue weighted by Crippen LogP contribution is 2.26. The summed E-state index contributed by atoms with van der Waals surface area (Å²) >= 11 is 2.66. The van der Waals surface area contributed by atoms with Crippen LogP contribution in [0.2, 0.25) is 0 Å². The van der Waals surface area contributed by atoms with E-state index >= 15 is 0 Å². The average Bonchev–Trinajstić information content (AvgIpc) is 2.36. The SMILES string of the molecule is CSC(SC)[C@H](O)[C@@H](O)[C@@H](O)[C@H](O)[C@H](N)[C@@H](C)O. The van der Waals surface area contributed by atoms with Crippen molar-refractivity contribution in [1.82, 2.24) is 0 Å². The summed E-state index contributed by atoms with van der Waals surface area (Å²) in [6.07, 6.45) is -3.38. The highest BCUT2D eigenvalue weighted by atomic mass is 32.2. The van der Waals surface area contributed by atoms with Gasteiger partial charge in [-0.2, -0.15) is 0 Å². The molecule has 0 aromatic carbocycles. The van der Waals surface area contributed by atoms with Gasteiger partial charge in [-0.25, -0.2) is 0 Å². The first kappa shape index (κ1) is 18.5. The lowest BCUT2D eigenvalue weighted by molar-refractivity contribution is -0.114. The number of rotatable bonds is 8. The molecule has 18 heavy (non-hydrogen) atoms. The standard InChI is InChI=1S/C10H23NO5S2/c1-4(12)5(11)6(13)7(14)8(15)9(16)10(17-2)18-3/h4-10,12-16H,11H2,1-3H3/t4-,5-,6-,7+,8+,9-/m1/s1. The third-order valence-electron chi connectivity index (χ3n) is 2.74. The van der Waals surface area contributed by atoms with Gasteiger partial charge in [0.25, 0.3) is 0 Å². The van der Waals surface area contributed by atoms with Crippen molar-refractivity contribution in [2.75, 3.05) is 12.5 Å². The smallest absolute Gasteiger partial charge is 0.110 e.